The smallest absolute Gasteiger partial charge is 0.243 e. The van der Waals surface area contributed by atoms with Gasteiger partial charge in [-0.3, -0.25) is 0 Å². The highest BCUT2D eigenvalue weighted by Crippen LogP contribution is 2.30. The van der Waals surface area contributed by atoms with Crippen molar-refractivity contribution in [1.82, 2.24) is 4.31 Å². The Morgan fingerprint density at radius 1 is 1.05 bits per heavy atom. The zero-order valence-corrected chi connectivity index (χ0v) is 12.7. The monoisotopic (exact) mass is 302 g/mol. The molecule has 2 N–H and O–H groups in total. The Labute approximate surface area is 125 Å². The molecule has 2 aromatic carbocycles. The molecule has 1 aliphatic rings. The molecule has 4 nitrogen and oxygen atoms in total. The molecule has 5 heteroatoms. The third-order valence-electron chi connectivity index (χ3n) is 3.83. The van der Waals surface area contributed by atoms with Crippen molar-refractivity contribution >= 4 is 10.0 Å². The van der Waals surface area contributed by atoms with Crippen LogP contribution in [0.4, 0.5) is 0 Å². The zero-order valence-electron chi connectivity index (χ0n) is 11.9. The molecule has 0 spiro atoms. The van der Waals surface area contributed by atoms with E-state index in [4.69, 9.17) is 5.73 Å². The molecule has 0 bridgehead atoms. The van der Waals surface area contributed by atoms with E-state index in [0.717, 1.165) is 16.7 Å². The Kier molecular flexibility index (Phi) is 3.57. The lowest BCUT2D eigenvalue weighted by molar-refractivity contribution is 0.431. The fraction of sp³-hybridized carbons (Fsp3) is 0.250. The standard InChI is InChI=1S/C16H18N2O2S/c1-12(17)13-7-8-14-10-18(11-15(14)9-13)21(19,20)16-5-3-2-4-6-16/h2-9,12H,10-11,17H2,1H3. The van der Waals surface area contributed by atoms with E-state index >= 15 is 0 Å². The molecular weight excluding hydrogens is 284 g/mol. The Hall–Kier alpha value is -1.69. The van der Waals surface area contributed by atoms with Crippen molar-refractivity contribution in [3.63, 3.8) is 0 Å². The van der Waals surface area contributed by atoms with Gasteiger partial charge in [0.05, 0.1) is 4.90 Å². The van der Waals surface area contributed by atoms with Gasteiger partial charge < -0.3 is 5.73 Å². The molecule has 1 unspecified atom stereocenters. The van der Waals surface area contributed by atoms with Crippen LogP contribution in [0.1, 0.15) is 29.7 Å². The first-order valence-corrected chi connectivity index (χ1v) is 8.35. The number of hydrogen-bond donors (Lipinski definition) is 1. The van der Waals surface area contributed by atoms with Gasteiger partial charge in [-0.25, -0.2) is 8.42 Å². The summed E-state index contributed by atoms with van der Waals surface area (Å²) in [6, 6.07) is 14.5. The van der Waals surface area contributed by atoms with E-state index in [1.165, 1.54) is 4.31 Å². The minimum absolute atomic E-state index is 0.0462. The average molecular weight is 302 g/mol. The molecule has 0 fully saturated rings. The Bertz CT molecular complexity index is 755. The first-order chi connectivity index (χ1) is 9.98. The number of nitrogens with zero attached hydrogens (tertiary/aromatic N) is 1. The lowest BCUT2D eigenvalue weighted by atomic mass is 10.0. The molecule has 1 aliphatic heterocycles. The Morgan fingerprint density at radius 2 is 1.71 bits per heavy atom. The quantitative estimate of drug-likeness (QED) is 0.947. The van der Waals surface area contributed by atoms with E-state index in [0.29, 0.717) is 18.0 Å². The highest BCUT2D eigenvalue weighted by Gasteiger charge is 2.30. The van der Waals surface area contributed by atoms with E-state index < -0.39 is 10.0 Å². The van der Waals surface area contributed by atoms with Gasteiger partial charge in [0, 0.05) is 19.1 Å². The maximum absolute atomic E-state index is 12.6. The molecule has 21 heavy (non-hydrogen) atoms. The molecule has 0 saturated carbocycles. The summed E-state index contributed by atoms with van der Waals surface area (Å²) in [5.74, 6) is 0. The van der Waals surface area contributed by atoms with Gasteiger partial charge in [-0.1, -0.05) is 36.4 Å². The third kappa shape index (κ3) is 2.60. The molecule has 0 radical (unpaired) electrons. The molecule has 2 aromatic rings. The number of sulfonamides is 1. The van der Waals surface area contributed by atoms with Crippen LogP contribution in [0.25, 0.3) is 0 Å². The molecule has 1 atom stereocenters. The lowest BCUT2D eigenvalue weighted by Crippen LogP contribution is -2.25. The van der Waals surface area contributed by atoms with Crippen LogP contribution in [0.15, 0.2) is 53.4 Å². The number of benzene rings is 2. The van der Waals surface area contributed by atoms with Gasteiger partial charge in [0.15, 0.2) is 0 Å². The summed E-state index contributed by atoms with van der Waals surface area (Å²) < 4.78 is 26.8. The van der Waals surface area contributed by atoms with E-state index in [1.807, 2.05) is 31.2 Å². The number of nitrogens with two attached hydrogens (primary N) is 1. The minimum Gasteiger partial charge on any atom is -0.324 e. The van der Waals surface area contributed by atoms with Gasteiger partial charge in [-0.15, -0.1) is 0 Å². The Morgan fingerprint density at radius 3 is 2.38 bits per heavy atom. The predicted molar refractivity (Wildman–Crippen MR) is 81.9 cm³/mol. The van der Waals surface area contributed by atoms with Crippen molar-refractivity contribution in [2.24, 2.45) is 5.73 Å². The SMILES string of the molecule is CC(N)c1ccc2c(c1)CN(S(=O)(=O)c1ccccc1)C2. The van der Waals surface area contributed by atoms with Crippen molar-refractivity contribution in [2.45, 2.75) is 31.0 Å². The molecule has 110 valence electrons. The molecule has 0 aliphatic carbocycles. The van der Waals surface area contributed by atoms with Crippen LogP contribution in [-0.4, -0.2) is 12.7 Å². The molecule has 1 heterocycles. The van der Waals surface area contributed by atoms with E-state index in [2.05, 4.69) is 0 Å². The molecule has 0 amide bonds. The predicted octanol–water partition coefficient (Wildman–Crippen LogP) is 2.41. The molecule has 0 aromatic heterocycles. The van der Waals surface area contributed by atoms with E-state index in [9.17, 15) is 8.42 Å². The van der Waals surface area contributed by atoms with Gasteiger partial charge in [0.25, 0.3) is 0 Å². The summed E-state index contributed by atoms with van der Waals surface area (Å²) in [6.07, 6.45) is 0. The number of hydrogen-bond acceptors (Lipinski definition) is 3. The highest BCUT2D eigenvalue weighted by atomic mass is 32.2. The third-order valence-corrected chi connectivity index (χ3v) is 5.64. The first-order valence-electron chi connectivity index (χ1n) is 6.91. The Balaban J connectivity index is 1.91. The maximum atomic E-state index is 12.6. The summed E-state index contributed by atoms with van der Waals surface area (Å²) >= 11 is 0. The summed E-state index contributed by atoms with van der Waals surface area (Å²) in [5.41, 5.74) is 9.02. The summed E-state index contributed by atoms with van der Waals surface area (Å²) in [4.78, 5) is 0.338. The van der Waals surface area contributed by atoms with Crippen molar-refractivity contribution in [1.29, 1.82) is 0 Å². The topological polar surface area (TPSA) is 63.4 Å². The second kappa shape index (κ2) is 5.26. The van der Waals surface area contributed by atoms with Crippen LogP contribution in [0.5, 0.6) is 0 Å². The van der Waals surface area contributed by atoms with Gasteiger partial charge in [0.2, 0.25) is 10.0 Å². The number of rotatable bonds is 3. The van der Waals surface area contributed by atoms with Gasteiger partial charge in [-0.2, -0.15) is 4.31 Å². The van der Waals surface area contributed by atoms with E-state index in [-0.39, 0.29) is 6.04 Å². The summed E-state index contributed by atoms with van der Waals surface area (Å²) in [7, 11) is -3.44. The van der Waals surface area contributed by atoms with Gasteiger partial charge in [-0.05, 0) is 35.7 Å². The normalized spacial score (nSPS) is 16.7. The second-order valence-corrected chi connectivity index (χ2v) is 7.34. The van der Waals surface area contributed by atoms with Crippen LogP contribution in [-0.2, 0) is 23.1 Å². The fourth-order valence-corrected chi connectivity index (χ4v) is 4.00. The second-order valence-electron chi connectivity index (χ2n) is 5.40. The zero-order chi connectivity index (χ0) is 15.0. The molecular formula is C16H18N2O2S. The molecule has 0 saturated heterocycles. The first kappa shape index (κ1) is 14.3. The van der Waals surface area contributed by atoms with Crippen LogP contribution in [0.3, 0.4) is 0 Å². The highest BCUT2D eigenvalue weighted by molar-refractivity contribution is 7.89. The minimum atomic E-state index is -3.44. The van der Waals surface area contributed by atoms with Crippen molar-refractivity contribution in [3.8, 4) is 0 Å². The van der Waals surface area contributed by atoms with Gasteiger partial charge in [0.1, 0.15) is 0 Å². The van der Waals surface area contributed by atoms with Crippen LogP contribution < -0.4 is 5.73 Å². The number of fused-ring (bicyclic) bond motifs is 1. The molecule has 3 rings (SSSR count). The van der Waals surface area contributed by atoms with Gasteiger partial charge >= 0.3 is 0 Å². The van der Waals surface area contributed by atoms with Crippen molar-refractivity contribution < 1.29 is 8.42 Å². The van der Waals surface area contributed by atoms with Crippen LogP contribution in [0.2, 0.25) is 0 Å². The van der Waals surface area contributed by atoms with Crippen LogP contribution in [0, 0.1) is 0 Å². The average Bonchev–Trinajstić information content (AvgIpc) is 2.91. The van der Waals surface area contributed by atoms with E-state index in [1.54, 1.807) is 24.3 Å². The lowest BCUT2D eigenvalue weighted by Gasteiger charge is -2.15. The summed E-state index contributed by atoms with van der Waals surface area (Å²) in [6.45, 7) is 2.76. The van der Waals surface area contributed by atoms with Crippen molar-refractivity contribution in [2.75, 3.05) is 0 Å². The van der Waals surface area contributed by atoms with Crippen LogP contribution >= 0.6 is 0 Å². The summed E-state index contributed by atoms with van der Waals surface area (Å²) in [5, 5.41) is 0. The van der Waals surface area contributed by atoms with Crippen molar-refractivity contribution in [3.05, 3.63) is 65.2 Å². The largest absolute Gasteiger partial charge is 0.324 e. The fourth-order valence-electron chi connectivity index (χ4n) is 2.58. The maximum Gasteiger partial charge on any atom is 0.243 e.